The van der Waals surface area contributed by atoms with Crippen molar-refractivity contribution >= 4 is 5.78 Å². The second-order valence-electron chi connectivity index (χ2n) is 4.80. The zero-order valence-corrected chi connectivity index (χ0v) is 11.1. The minimum absolute atomic E-state index is 0.0451. The van der Waals surface area contributed by atoms with Gasteiger partial charge in [-0.1, -0.05) is 13.8 Å². The Hall–Kier alpha value is -1.84. The molecule has 96 valence electrons. The summed E-state index contributed by atoms with van der Waals surface area (Å²) in [5, 5.41) is 4.24. The van der Waals surface area contributed by atoms with E-state index in [9.17, 15) is 4.79 Å². The molecule has 0 aliphatic carbocycles. The van der Waals surface area contributed by atoms with Crippen molar-refractivity contribution in [3.8, 4) is 0 Å². The Morgan fingerprint density at radius 2 is 2.17 bits per heavy atom. The van der Waals surface area contributed by atoms with Crippen LogP contribution in [0.15, 0.2) is 30.9 Å². The van der Waals surface area contributed by atoms with E-state index in [1.807, 2.05) is 54.0 Å². The van der Waals surface area contributed by atoms with Crippen molar-refractivity contribution < 1.29 is 4.79 Å². The van der Waals surface area contributed by atoms with Crippen molar-refractivity contribution in [1.82, 2.24) is 14.3 Å². The van der Waals surface area contributed by atoms with Gasteiger partial charge in [-0.15, -0.1) is 0 Å². The summed E-state index contributed by atoms with van der Waals surface area (Å²) in [7, 11) is 0. The van der Waals surface area contributed by atoms with E-state index in [4.69, 9.17) is 0 Å². The molecule has 0 bridgehead atoms. The molecule has 0 spiro atoms. The Morgan fingerprint density at radius 3 is 2.78 bits per heavy atom. The van der Waals surface area contributed by atoms with Crippen LogP contribution < -0.4 is 0 Å². The number of Topliss-reactive ketones (excluding diaryl/α,β-unsaturated/α-hetero) is 1. The maximum Gasteiger partial charge on any atom is 0.166 e. The summed E-state index contributed by atoms with van der Waals surface area (Å²) in [6, 6.07) is 1.88. The molecule has 0 N–H and O–H groups in total. The van der Waals surface area contributed by atoms with Crippen LogP contribution >= 0.6 is 0 Å². The molecule has 0 saturated heterocycles. The molecule has 0 aliphatic heterocycles. The number of rotatable bonds is 5. The van der Waals surface area contributed by atoms with Gasteiger partial charge in [-0.05, 0) is 13.0 Å². The Bertz CT molecular complexity index is 537. The van der Waals surface area contributed by atoms with Crippen molar-refractivity contribution in [2.45, 2.75) is 33.9 Å². The molecule has 0 unspecified atom stereocenters. The molecular formula is C14H19N3O. The maximum absolute atomic E-state index is 11.8. The fourth-order valence-electron chi connectivity index (χ4n) is 1.89. The van der Waals surface area contributed by atoms with E-state index >= 15 is 0 Å². The minimum Gasteiger partial charge on any atom is -0.349 e. The lowest BCUT2D eigenvalue weighted by atomic mass is 10.0. The van der Waals surface area contributed by atoms with Gasteiger partial charge in [-0.3, -0.25) is 9.48 Å². The van der Waals surface area contributed by atoms with Crippen LogP contribution in [-0.4, -0.2) is 20.1 Å². The van der Waals surface area contributed by atoms with Crippen molar-refractivity contribution in [3.63, 3.8) is 0 Å². The van der Waals surface area contributed by atoms with Gasteiger partial charge in [-0.2, -0.15) is 5.10 Å². The Balaban J connectivity index is 2.08. The fraction of sp³-hybridized carbons (Fsp3) is 0.429. The van der Waals surface area contributed by atoms with E-state index in [1.54, 1.807) is 0 Å². The standard InChI is InChI=1S/C14H19N3O/c1-4-17-9-12(7-15-17)8-16-6-5-13(10-16)14(18)11(2)3/h5-7,9-11H,4,8H2,1-3H3. The van der Waals surface area contributed by atoms with Gasteiger partial charge >= 0.3 is 0 Å². The summed E-state index contributed by atoms with van der Waals surface area (Å²) < 4.78 is 3.92. The highest BCUT2D eigenvalue weighted by molar-refractivity contribution is 5.97. The Labute approximate surface area is 107 Å². The Kier molecular flexibility index (Phi) is 3.65. The van der Waals surface area contributed by atoms with E-state index in [1.165, 1.54) is 0 Å². The van der Waals surface area contributed by atoms with Crippen LogP contribution in [0.2, 0.25) is 0 Å². The molecule has 2 heterocycles. The lowest BCUT2D eigenvalue weighted by Crippen LogP contribution is -2.06. The van der Waals surface area contributed by atoms with Gasteiger partial charge in [0.2, 0.25) is 0 Å². The SMILES string of the molecule is CCn1cc(Cn2ccc(C(=O)C(C)C)c2)cn1. The molecule has 0 atom stereocenters. The normalized spacial score (nSPS) is 11.1. The number of aromatic nitrogens is 3. The molecule has 4 nitrogen and oxygen atoms in total. The molecule has 2 rings (SSSR count). The molecule has 4 heteroatoms. The fourth-order valence-corrected chi connectivity index (χ4v) is 1.89. The predicted octanol–water partition coefficient (Wildman–Crippen LogP) is 2.59. The van der Waals surface area contributed by atoms with Crippen LogP contribution in [0.25, 0.3) is 0 Å². The summed E-state index contributed by atoms with van der Waals surface area (Å²) in [5.74, 6) is 0.238. The predicted molar refractivity (Wildman–Crippen MR) is 70.6 cm³/mol. The molecule has 0 saturated carbocycles. The molecule has 0 amide bonds. The average Bonchev–Trinajstić information content (AvgIpc) is 2.97. The third kappa shape index (κ3) is 2.70. The summed E-state index contributed by atoms with van der Waals surface area (Å²) in [5.41, 5.74) is 1.93. The number of nitrogens with zero attached hydrogens (tertiary/aromatic N) is 3. The average molecular weight is 245 g/mol. The van der Waals surface area contributed by atoms with Crippen LogP contribution in [0.4, 0.5) is 0 Å². The van der Waals surface area contributed by atoms with Crippen molar-refractivity contribution in [3.05, 3.63) is 42.0 Å². The zero-order chi connectivity index (χ0) is 13.1. The highest BCUT2D eigenvalue weighted by atomic mass is 16.1. The third-order valence-corrected chi connectivity index (χ3v) is 2.94. The summed E-state index contributed by atoms with van der Waals surface area (Å²) in [6.07, 6.45) is 7.75. The first-order chi connectivity index (χ1) is 8.60. The first kappa shape index (κ1) is 12.6. The van der Waals surface area contributed by atoms with Crippen molar-refractivity contribution in [1.29, 1.82) is 0 Å². The molecule has 0 aliphatic rings. The largest absolute Gasteiger partial charge is 0.349 e. The van der Waals surface area contributed by atoms with Gasteiger partial charge in [0.25, 0.3) is 0 Å². The van der Waals surface area contributed by atoms with Crippen molar-refractivity contribution in [2.24, 2.45) is 5.92 Å². The number of hydrogen-bond donors (Lipinski definition) is 0. The van der Waals surface area contributed by atoms with Gasteiger partial charge in [0.1, 0.15) is 0 Å². The number of carbonyl (C=O) groups is 1. The molecular weight excluding hydrogens is 226 g/mol. The lowest BCUT2D eigenvalue weighted by Gasteiger charge is -2.01. The summed E-state index contributed by atoms with van der Waals surface area (Å²) >= 11 is 0. The number of carbonyl (C=O) groups excluding carboxylic acids is 1. The highest BCUT2D eigenvalue weighted by Gasteiger charge is 2.11. The van der Waals surface area contributed by atoms with Crippen LogP contribution in [0, 0.1) is 5.92 Å². The topological polar surface area (TPSA) is 39.8 Å². The van der Waals surface area contributed by atoms with Crippen LogP contribution in [0.3, 0.4) is 0 Å². The van der Waals surface area contributed by atoms with E-state index < -0.39 is 0 Å². The van der Waals surface area contributed by atoms with E-state index in [0.29, 0.717) is 0 Å². The third-order valence-electron chi connectivity index (χ3n) is 2.94. The van der Waals surface area contributed by atoms with Gasteiger partial charge in [0, 0.05) is 42.2 Å². The van der Waals surface area contributed by atoms with Gasteiger partial charge in [0.05, 0.1) is 12.7 Å². The van der Waals surface area contributed by atoms with Crippen LogP contribution in [0.5, 0.6) is 0 Å². The Morgan fingerprint density at radius 1 is 1.39 bits per heavy atom. The van der Waals surface area contributed by atoms with Crippen LogP contribution in [-0.2, 0) is 13.1 Å². The van der Waals surface area contributed by atoms with Gasteiger partial charge < -0.3 is 4.57 Å². The maximum atomic E-state index is 11.8. The number of ketones is 1. The molecule has 0 radical (unpaired) electrons. The second-order valence-corrected chi connectivity index (χ2v) is 4.80. The van der Waals surface area contributed by atoms with E-state index in [0.717, 1.165) is 24.2 Å². The number of hydrogen-bond acceptors (Lipinski definition) is 2. The zero-order valence-electron chi connectivity index (χ0n) is 11.1. The monoisotopic (exact) mass is 245 g/mol. The minimum atomic E-state index is 0.0451. The quantitative estimate of drug-likeness (QED) is 0.760. The smallest absolute Gasteiger partial charge is 0.166 e. The van der Waals surface area contributed by atoms with Gasteiger partial charge in [0.15, 0.2) is 5.78 Å². The van der Waals surface area contributed by atoms with E-state index in [-0.39, 0.29) is 11.7 Å². The molecule has 0 aromatic carbocycles. The number of aryl methyl sites for hydroxylation is 1. The first-order valence-electron chi connectivity index (χ1n) is 6.31. The molecule has 18 heavy (non-hydrogen) atoms. The second kappa shape index (κ2) is 5.21. The highest BCUT2D eigenvalue weighted by Crippen LogP contribution is 2.10. The molecule has 2 aromatic heterocycles. The summed E-state index contributed by atoms with van der Waals surface area (Å²) in [4.78, 5) is 11.8. The van der Waals surface area contributed by atoms with Crippen molar-refractivity contribution in [2.75, 3.05) is 0 Å². The van der Waals surface area contributed by atoms with Crippen LogP contribution in [0.1, 0.15) is 36.7 Å². The van der Waals surface area contributed by atoms with Gasteiger partial charge in [-0.25, -0.2) is 0 Å². The van der Waals surface area contributed by atoms with E-state index in [2.05, 4.69) is 12.0 Å². The first-order valence-corrected chi connectivity index (χ1v) is 6.31. The lowest BCUT2D eigenvalue weighted by molar-refractivity contribution is 0.0939. The summed E-state index contributed by atoms with van der Waals surface area (Å²) in [6.45, 7) is 7.54. The molecule has 2 aromatic rings. The molecule has 0 fully saturated rings.